The zero-order valence-electron chi connectivity index (χ0n) is 16.4. The average Bonchev–Trinajstić information content (AvgIpc) is 2.74. The zero-order chi connectivity index (χ0) is 20.8. The predicted octanol–water partition coefficient (Wildman–Crippen LogP) is 4.30. The number of hydrogen-bond acceptors (Lipinski definition) is 6. The summed E-state index contributed by atoms with van der Waals surface area (Å²) in [4.78, 5) is 28.2. The van der Waals surface area contributed by atoms with Gasteiger partial charge in [-0.05, 0) is 43.3 Å². The van der Waals surface area contributed by atoms with Crippen LogP contribution in [0.25, 0.3) is 0 Å². The molecule has 2 aromatic carbocycles. The van der Waals surface area contributed by atoms with E-state index < -0.39 is 0 Å². The molecule has 0 bridgehead atoms. The lowest BCUT2D eigenvalue weighted by Crippen LogP contribution is -2.12. The van der Waals surface area contributed by atoms with E-state index in [-0.39, 0.29) is 11.7 Å². The number of aromatic nitrogens is 1. The van der Waals surface area contributed by atoms with E-state index in [1.807, 2.05) is 6.07 Å². The van der Waals surface area contributed by atoms with E-state index >= 15 is 0 Å². The molecule has 148 valence electrons. The van der Waals surface area contributed by atoms with Crippen molar-refractivity contribution >= 4 is 28.9 Å². The number of ether oxygens (including phenoxy) is 2. The number of carbonyl (C=O) groups excluding carboxylic acids is 2. The lowest BCUT2D eigenvalue weighted by molar-refractivity contribution is 0.101. The first kappa shape index (κ1) is 19.9. The van der Waals surface area contributed by atoms with Crippen LogP contribution in [0.3, 0.4) is 0 Å². The van der Waals surface area contributed by atoms with Gasteiger partial charge in [0.1, 0.15) is 5.82 Å². The zero-order valence-corrected chi connectivity index (χ0v) is 16.4. The number of nitrogens with zero attached hydrogens (tertiary/aromatic N) is 1. The number of hydrogen-bond donors (Lipinski definition) is 2. The Labute approximate surface area is 168 Å². The molecule has 7 heteroatoms. The number of Topliss-reactive ketones (excluding diaryl/α,β-unsaturated/α-hetero) is 1. The molecule has 0 aliphatic heterocycles. The van der Waals surface area contributed by atoms with Gasteiger partial charge in [-0.2, -0.15) is 0 Å². The van der Waals surface area contributed by atoms with Gasteiger partial charge < -0.3 is 20.1 Å². The summed E-state index contributed by atoms with van der Waals surface area (Å²) in [5.41, 5.74) is 2.26. The molecule has 1 amide bonds. The van der Waals surface area contributed by atoms with Gasteiger partial charge in [0.05, 0.1) is 19.8 Å². The van der Waals surface area contributed by atoms with Gasteiger partial charge in [0.25, 0.3) is 5.91 Å². The van der Waals surface area contributed by atoms with Gasteiger partial charge >= 0.3 is 0 Å². The van der Waals surface area contributed by atoms with E-state index in [1.54, 1.807) is 62.8 Å². The molecule has 29 heavy (non-hydrogen) atoms. The van der Waals surface area contributed by atoms with E-state index in [0.717, 1.165) is 5.69 Å². The Balaban J connectivity index is 1.69. The van der Waals surface area contributed by atoms with E-state index in [9.17, 15) is 9.59 Å². The van der Waals surface area contributed by atoms with E-state index in [2.05, 4.69) is 15.6 Å². The minimum atomic E-state index is -0.309. The quantitative estimate of drug-likeness (QED) is 0.584. The number of ketones is 1. The van der Waals surface area contributed by atoms with Gasteiger partial charge in [-0.3, -0.25) is 9.59 Å². The molecular weight excluding hydrogens is 370 g/mol. The number of pyridine rings is 1. The van der Waals surface area contributed by atoms with Crippen LogP contribution in [-0.2, 0) is 0 Å². The van der Waals surface area contributed by atoms with Crippen LogP contribution >= 0.6 is 0 Å². The topological polar surface area (TPSA) is 89.6 Å². The van der Waals surface area contributed by atoms with Gasteiger partial charge in [-0.25, -0.2) is 4.98 Å². The summed E-state index contributed by atoms with van der Waals surface area (Å²) in [5.74, 6) is 1.43. The Morgan fingerprint density at radius 3 is 2.31 bits per heavy atom. The molecule has 0 atom stereocenters. The third-order valence-corrected chi connectivity index (χ3v) is 4.21. The van der Waals surface area contributed by atoms with Crippen LogP contribution in [0.1, 0.15) is 27.6 Å². The van der Waals surface area contributed by atoms with Gasteiger partial charge in [0, 0.05) is 29.2 Å². The summed E-state index contributed by atoms with van der Waals surface area (Å²) in [6.45, 7) is 1.48. The highest BCUT2D eigenvalue weighted by Crippen LogP contribution is 2.30. The van der Waals surface area contributed by atoms with Crippen LogP contribution in [0.2, 0.25) is 0 Å². The highest BCUT2D eigenvalue weighted by molar-refractivity contribution is 6.05. The largest absolute Gasteiger partial charge is 0.493 e. The highest BCUT2D eigenvalue weighted by Gasteiger charge is 2.09. The van der Waals surface area contributed by atoms with Crippen LogP contribution in [0.4, 0.5) is 17.2 Å². The van der Waals surface area contributed by atoms with E-state index in [4.69, 9.17) is 9.47 Å². The van der Waals surface area contributed by atoms with Gasteiger partial charge in [0.2, 0.25) is 0 Å². The molecule has 1 aromatic heterocycles. The molecule has 0 aliphatic rings. The Morgan fingerprint density at radius 2 is 1.66 bits per heavy atom. The van der Waals surface area contributed by atoms with Crippen molar-refractivity contribution in [1.82, 2.24) is 4.98 Å². The maximum atomic E-state index is 12.4. The number of anilines is 3. The maximum absolute atomic E-state index is 12.4. The predicted molar refractivity (Wildman–Crippen MR) is 111 cm³/mol. The minimum Gasteiger partial charge on any atom is -0.493 e. The van der Waals surface area contributed by atoms with Crippen molar-refractivity contribution in [2.45, 2.75) is 6.92 Å². The summed E-state index contributed by atoms with van der Waals surface area (Å²) < 4.78 is 10.5. The minimum absolute atomic E-state index is 0.0617. The molecule has 0 saturated carbocycles. The molecule has 3 aromatic rings. The second kappa shape index (κ2) is 8.88. The van der Waals surface area contributed by atoms with E-state index in [1.165, 1.54) is 13.1 Å². The molecule has 0 unspecified atom stereocenters. The van der Waals surface area contributed by atoms with E-state index in [0.29, 0.717) is 34.1 Å². The van der Waals surface area contributed by atoms with Crippen molar-refractivity contribution in [3.63, 3.8) is 0 Å². The van der Waals surface area contributed by atoms with Crippen LogP contribution in [-0.4, -0.2) is 30.9 Å². The fourth-order valence-corrected chi connectivity index (χ4v) is 2.68. The fraction of sp³-hybridized carbons (Fsp3) is 0.136. The standard InChI is InChI=1S/C22H21N3O4/c1-14(26)15-5-4-6-17(11-15)25-22(27)16-7-10-21(23-13-16)24-18-8-9-19(28-2)20(12-18)29-3/h4-13H,1-3H3,(H,23,24)(H,25,27). The first-order valence-electron chi connectivity index (χ1n) is 8.87. The molecule has 1 heterocycles. The second-order valence-corrected chi connectivity index (χ2v) is 6.22. The number of carbonyl (C=O) groups is 2. The Hall–Kier alpha value is -3.87. The molecule has 0 spiro atoms. The number of benzene rings is 2. The fourth-order valence-electron chi connectivity index (χ4n) is 2.68. The number of methoxy groups -OCH3 is 2. The smallest absolute Gasteiger partial charge is 0.257 e. The van der Waals surface area contributed by atoms with Crippen molar-refractivity contribution in [2.24, 2.45) is 0 Å². The van der Waals surface area contributed by atoms with Crippen molar-refractivity contribution in [1.29, 1.82) is 0 Å². The Morgan fingerprint density at radius 1 is 0.862 bits per heavy atom. The molecular formula is C22H21N3O4. The summed E-state index contributed by atoms with van der Waals surface area (Å²) in [6.07, 6.45) is 1.48. The molecule has 7 nitrogen and oxygen atoms in total. The lowest BCUT2D eigenvalue weighted by Gasteiger charge is -2.11. The second-order valence-electron chi connectivity index (χ2n) is 6.22. The molecule has 0 saturated heterocycles. The first-order valence-corrected chi connectivity index (χ1v) is 8.87. The van der Waals surface area contributed by atoms with Gasteiger partial charge in [-0.15, -0.1) is 0 Å². The third kappa shape index (κ3) is 4.90. The summed E-state index contributed by atoms with van der Waals surface area (Å²) >= 11 is 0. The molecule has 0 aliphatic carbocycles. The molecule has 2 N–H and O–H groups in total. The lowest BCUT2D eigenvalue weighted by atomic mass is 10.1. The molecule has 0 fully saturated rings. The number of rotatable bonds is 7. The number of nitrogens with one attached hydrogen (secondary N) is 2. The van der Waals surface area contributed by atoms with Crippen molar-refractivity contribution in [3.8, 4) is 11.5 Å². The Bertz CT molecular complexity index is 1030. The number of amides is 1. The summed E-state index contributed by atoms with van der Waals surface area (Å²) in [7, 11) is 3.14. The van der Waals surface area contributed by atoms with Gasteiger partial charge in [-0.1, -0.05) is 12.1 Å². The van der Waals surface area contributed by atoms with Crippen LogP contribution < -0.4 is 20.1 Å². The van der Waals surface area contributed by atoms with Crippen LogP contribution in [0.5, 0.6) is 11.5 Å². The van der Waals surface area contributed by atoms with Gasteiger partial charge in [0.15, 0.2) is 17.3 Å². The average molecular weight is 391 g/mol. The van der Waals surface area contributed by atoms with Crippen LogP contribution in [0, 0.1) is 0 Å². The highest BCUT2D eigenvalue weighted by atomic mass is 16.5. The SMILES string of the molecule is COc1ccc(Nc2ccc(C(=O)Nc3cccc(C(C)=O)c3)cn2)cc1OC. The monoisotopic (exact) mass is 391 g/mol. The van der Waals surface area contributed by atoms with Crippen molar-refractivity contribution < 1.29 is 19.1 Å². The maximum Gasteiger partial charge on any atom is 0.257 e. The summed E-state index contributed by atoms with van der Waals surface area (Å²) in [5, 5.41) is 5.92. The molecule has 0 radical (unpaired) electrons. The van der Waals surface area contributed by atoms with Crippen molar-refractivity contribution in [3.05, 3.63) is 71.9 Å². The first-order chi connectivity index (χ1) is 14.0. The van der Waals surface area contributed by atoms with Crippen molar-refractivity contribution in [2.75, 3.05) is 24.9 Å². The third-order valence-electron chi connectivity index (χ3n) is 4.21. The van der Waals surface area contributed by atoms with Crippen LogP contribution in [0.15, 0.2) is 60.8 Å². The summed E-state index contributed by atoms with van der Waals surface area (Å²) in [6, 6.07) is 15.6. The molecule has 3 rings (SSSR count). The normalized spacial score (nSPS) is 10.2. The Kier molecular flexibility index (Phi) is 6.09.